The first-order valence-corrected chi connectivity index (χ1v) is 8.87. The van der Waals surface area contributed by atoms with Crippen molar-refractivity contribution < 1.29 is 14.3 Å². The van der Waals surface area contributed by atoms with Crippen molar-refractivity contribution in [1.82, 2.24) is 25.8 Å². The average molecular weight is 363 g/mol. The molecule has 25 heavy (non-hydrogen) atoms. The van der Waals surface area contributed by atoms with Crippen LogP contribution in [0.2, 0.25) is 0 Å². The van der Waals surface area contributed by atoms with Gasteiger partial charge in [0.05, 0.1) is 5.75 Å². The zero-order valence-electron chi connectivity index (χ0n) is 14.2. The van der Waals surface area contributed by atoms with Crippen LogP contribution in [0.5, 0.6) is 5.75 Å². The molecule has 0 bridgehead atoms. The Balaban J connectivity index is 1.75. The molecule has 0 aliphatic carbocycles. The van der Waals surface area contributed by atoms with E-state index >= 15 is 0 Å². The Labute approximate surface area is 150 Å². The van der Waals surface area contributed by atoms with Crippen LogP contribution in [0, 0.1) is 6.92 Å². The van der Waals surface area contributed by atoms with Gasteiger partial charge in [0.25, 0.3) is 0 Å². The number of hydrogen-bond acceptors (Lipinski definition) is 6. The standard InChI is InChI=1S/C16H21N5O3S/c1-3-8-17-15(23)19-14(22)10-25-16-18-13(20-21-16)9-24-12-7-5-4-6-11(12)2/h4-7H,3,8-10H2,1-2H3,(H,18,20,21)(H2,17,19,22,23). The van der Waals surface area contributed by atoms with Gasteiger partial charge < -0.3 is 10.1 Å². The molecule has 0 unspecified atom stereocenters. The highest BCUT2D eigenvalue weighted by atomic mass is 32.2. The van der Waals surface area contributed by atoms with Crippen molar-refractivity contribution in [3.63, 3.8) is 0 Å². The van der Waals surface area contributed by atoms with Gasteiger partial charge in [0.15, 0.2) is 5.82 Å². The molecule has 9 heteroatoms. The number of H-pyrrole nitrogens is 1. The van der Waals surface area contributed by atoms with Gasteiger partial charge in [-0.25, -0.2) is 9.78 Å². The monoisotopic (exact) mass is 363 g/mol. The van der Waals surface area contributed by atoms with Crippen LogP contribution in [0.25, 0.3) is 0 Å². The molecule has 8 nitrogen and oxygen atoms in total. The average Bonchev–Trinajstić information content (AvgIpc) is 3.05. The third-order valence-electron chi connectivity index (χ3n) is 3.09. The number of thioether (sulfide) groups is 1. The summed E-state index contributed by atoms with van der Waals surface area (Å²) in [6.07, 6.45) is 0.806. The smallest absolute Gasteiger partial charge is 0.321 e. The van der Waals surface area contributed by atoms with E-state index in [1.807, 2.05) is 38.1 Å². The van der Waals surface area contributed by atoms with E-state index in [1.165, 1.54) is 0 Å². The maximum atomic E-state index is 11.7. The third kappa shape index (κ3) is 6.46. The molecule has 1 aromatic carbocycles. The summed E-state index contributed by atoms with van der Waals surface area (Å²) in [7, 11) is 0. The van der Waals surface area contributed by atoms with Crippen LogP contribution < -0.4 is 15.4 Å². The maximum Gasteiger partial charge on any atom is 0.321 e. The van der Waals surface area contributed by atoms with Gasteiger partial charge in [0.2, 0.25) is 11.1 Å². The van der Waals surface area contributed by atoms with Crippen LogP contribution in [-0.4, -0.2) is 39.4 Å². The fourth-order valence-electron chi connectivity index (χ4n) is 1.85. The summed E-state index contributed by atoms with van der Waals surface area (Å²) < 4.78 is 5.68. The minimum absolute atomic E-state index is 0.0511. The molecule has 134 valence electrons. The van der Waals surface area contributed by atoms with Crippen molar-refractivity contribution in [2.45, 2.75) is 32.0 Å². The van der Waals surface area contributed by atoms with Crippen LogP contribution in [0.15, 0.2) is 29.4 Å². The van der Waals surface area contributed by atoms with Gasteiger partial charge in [-0.15, -0.1) is 5.10 Å². The van der Waals surface area contributed by atoms with Crippen molar-refractivity contribution in [3.05, 3.63) is 35.7 Å². The van der Waals surface area contributed by atoms with Gasteiger partial charge in [-0.2, -0.15) is 0 Å². The number of nitrogens with zero attached hydrogens (tertiary/aromatic N) is 2. The first-order valence-electron chi connectivity index (χ1n) is 7.88. The highest BCUT2D eigenvalue weighted by Gasteiger charge is 2.11. The zero-order chi connectivity index (χ0) is 18.1. The molecule has 0 spiro atoms. The molecule has 3 N–H and O–H groups in total. The molecule has 3 amide bonds. The van der Waals surface area contributed by atoms with E-state index in [0.29, 0.717) is 17.5 Å². The van der Waals surface area contributed by atoms with E-state index in [0.717, 1.165) is 29.5 Å². The molecule has 2 aromatic rings. The van der Waals surface area contributed by atoms with E-state index in [1.54, 1.807) is 0 Å². The number of ether oxygens (including phenoxy) is 1. The quantitative estimate of drug-likeness (QED) is 0.619. The number of aromatic amines is 1. The summed E-state index contributed by atoms with van der Waals surface area (Å²) in [5, 5.41) is 12.0. The second kappa shape index (κ2) is 9.67. The summed E-state index contributed by atoms with van der Waals surface area (Å²) in [5.41, 5.74) is 1.04. The van der Waals surface area contributed by atoms with Crippen LogP contribution in [0.3, 0.4) is 0 Å². The van der Waals surface area contributed by atoms with Crippen molar-refractivity contribution in [3.8, 4) is 5.75 Å². The van der Waals surface area contributed by atoms with Crippen molar-refractivity contribution in [1.29, 1.82) is 0 Å². The minimum atomic E-state index is -0.491. The van der Waals surface area contributed by atoms with Crippen LogP contribution in [0.1, 0.15) is 24.7 Å². The molecule has 1 heterocycles. The molecule has 0 radical (unpaired) electrons. The SMILES string of the molecule is CCCNC(=O)NC(=O)CSc1n[nH]c(COc2ccccc2C)n1. The predicted octanol–water partition coefficient (Wildman–Crippen LogP) is 2.02. The van der Waals surface area contributed by atoms with Crippen molar-refractivity contribution in [2.75, 3.05) is 12.3 Å². The van der Waals surface area contributed by atoms with Crippen molar-refractivity contribution in [2.24, 2.45) is 0 Å². The number of hydrogen-bond donors (Lipinski definition) is 3. The van der Waals surface area contributed by atoms with E-state index in [2.05, 4.69) is 25.8 Å². The molecule has 0 aliphatic heterocycles. The lowest BCUT2D eigenvalue weighted by Crippen LogP contribution is -2.40. The summed E-state index contributed by atoms with van der Waals surface area (Å²) in [6.45, 7) is 4.68. The largest absolute Gasteiger partial charge is 0.485 e. The topological polar surface area (TPSA) is 109 Å². The fraction of sp³-hybridized carbons (Fsp3) is 0.375. The zero-order valence-corrected chi connectivity index (χ0v) is 15.0. The van der Waals surface area contributed by atoms with Gasteiger partial charge in [0.1, 0.15) is 12.4 Å². The number of carbonyl (C=O) groups is 2. The first-order chi connectivity index (χ1) is 12.1. The molecule has 0 aliphatic rings. The predicted molar refractivity (Wildman–Crippen MR) is 94.5 cm³/mol. The number of carbonyl (C=O) groups excluding carboxylic acids is 2. The van der Waals surface area contributed by atoms with Crippen LogP contribution in [0.4, 0.5) is 4.79 Å². The second-order valence-corrected chi connectivity index (χ2v) is 6.15. The molecule has 0 fully saturated rings. The molecule has 0 atom stereocenters. The van der Waals surface area contributed by atoms with Crippen LogP contribution >= 0.6 is 11.8 Å². The number of urea groups is 1. The highest BCUT2D eigenvalue weighted by molar-refractivity contribution is 7.99. The lowest BCUT2D eigenvalue weighted by atomic mass is 10.2. The van der Waals surface area contributed by atoms with E-state index < -0.39 is 11.9 Å². The fourth-order valence-corrected chi connectivity index (χ4v) is 2.46. The number of benzene rings is 1. The van der Waals surface area contributed by atoms with Gasteiger partial charge in [-0.1, -0.05) is 36.9 Å². The Morgan fingerprint density at radius 2 is 2.12 bits per heavy atom. The summed E-state index contributed by atoms with van der Waals surface area (Å²) in [6, 6.07) is 7.20. The number of aromatic nitrogens is 3. The lowest BCUT2D eigenvalue weighted by molar-refractivity contribution is -0.117. The summed E-state index contributed by atoms with van der Waals surface area (Å²) in [4.78, 5) is 27.3. The van der Waals surface area contributed by atoms with Gasteiger partial charge in [-0.3, -0.25) is 15.2 Å². The Morgan fingerprint density at radius 1 is 1.32 bits per heavy atom. The third-order valence-corrected chi connectivity index (χ3v) is 3.94. The highest BCUT2D eigenvalue weighted by Crippen LogP contribution is 2.18. The Kier molecular flexibility index (Phi) is 7.27. The van der Waals surface area contributed by atoms with Crippen LogP contribution in [-0.2, 0) is 11.4 Å². The van der Waals surface area contributed by atoms with Gasteiger partial charge in [-0.05, 0) is 25.0 Å². The number of nitrogens with one attached hydrogen (secondary N) is 3. The first kappa shape index (κ1) is 18.8. The molecule has 2 rings (SSSR count). The summed E-state index contributed by atoms with van der Waals surface area (Å²) in [5.74, 6) is 0.994. The normalized spacial score (nSPS) is 10.3. The molecular weight excluding hydrogens is 342 g/mol. The van der Waals surface area contributed by atoms with Gasteiger partial charge >= 0.3 is 6.03 Å². The van der Waals surface area contributed by atoms with Gasteiger partial charge in [0, 0.05) is 6.54 Å². The lowest BCUT2D eigenvalue weighted by Gasteiger charge is -2.06. The molecular formula is C16H21N5O3S. The number of para-hydroxylation sites is 1. The number of rotatable bonds is 8. The van der Waals surface area contributed by atoms with Crippen molar-refractivity contribution >= 4 is 23.7 Å². The van der Waals surface area contributed by atoms with E-state index in [9.17, 15) is 9.59 Å². The number of imide groups is 1. The molecule has 0 saturated carbocycles. The summed E-state index contributed by atoms with van der Waals surface area (Å²) >= 11 is 1.14. The maximum absolute atomic E-state index is 11.7. The minimum Gasteiger partial charge on any atom is -0.485 e. The Bertz CT molecular complexity index is 719. The second-order valence-electron chi connectivity index (χ2n) is 5.21. The molecule has 1 aromatic heterocycles. The van der Waals surface area contributed by atoms with E-state index in [4.69, 9.17) is 4.74 Å². The number of aryl methyl sites for hydroxylation is 1. The number of amides is 3. The molecule has 0 saturated heterocycles. The Hall–Kier alpha value is -2.55. The van der Waals surface area contributed by atoms with E-state index in [-0.39, 0.29) is 12.4 Å². The Morgan fingerprint density at radius 3 is 2.88 bits per heavy atom.